The molecule has 0 saturated carbocycles. The minimum Gasteiger partial charge on any atom is -0.497 e. The van der Waals surface area contributed by atoms with Crippen molar-refractivity contribution in [2.45, 2.75) is 12.8 Å². The van der Waals surface area contributed by atoms with E-state index in [-0.39, 0.29) is 37.4 Å². The van der Waals surface area contributed by atoms with Gasteiger partial charge in [-0.1, -0.05) is 0 Å². The normalized spacial score (nSPS) is 14.5. The van der Waals surface area contributed by atoms with Crippen molar-refractivity contribution in [3.05, 3.63) is 24.3 Å². The second-order valence-electron chi connectivity index (χ2n) is 5.06. The first-order valence-corrected chi connectivity index (χ1v) is 7.00. The molecule has 0 atom stereocenters. The number of anilines is 1. The molecular formula is C15H19N3O4. The Morgan fingerprint density at radius 2 is 1.95 bits per heavy atom. The Balaban J connectivity index is 1.76. The molecule has 1 fully saturated rings. The number of hydrogen-bond acceptors (Lipinski definition) is 4. The number of carbonyl (C=O) groups excluding carboxylic acids is 3. The zero-order chi connectivity index (χ0) is 16.1. The third kappa shape index (κ3) is 3.75. The highest BCUT2D eigenvalue weighted by atomic mass is 16.5. The molecule has 1 aliphatic heterocycles. The predicted octanol–water partition coefficient (Wildman–Crippen LogP) is 1.31. The number of nitrogens with one attached hydrogen (secondary N) is 1. The van der Waals surface area contributed by atoms with Crippen molar-refractivity contribution in [1.82, 2.24) is 9.80 Å². The maximum Gasteiger partial charge on any atom is 0.326 e. The quantitative estimate of drug-likeness (QED) is 0.804. The Morgan fingerprint density at radius 1 is 1.27 bits per heavy atom. The molecule has 1 aromatic rings. The van der Waals surface area contributed by atoms with E-state index in [4.69, 9.17) is 4.74 Å². The lowest BCUT2D eigenvalue weighted by Crippen LogP contribution is -2.32. The topological polar surface area (TPSA) is 79.0 Å². The van der Waals surface area contributed by atoms with Crippen LogP contribution in [0.2, 0.25) is 0 Å². The van der Waals surface area contributed by atoms with Gasteiger partial charge in [-0.15, -0.1) is 0 Å². The van der Waals surface area contributed by atoms with Crippen LogP contribution in [0.4, 0.5) is 10.5 Å². The number of carbonyl (C=O) groups is 3. The first-order valence-electron chi connectivity index (χ1n) is 7.00. The van der Waals surface area contributed by atoms with Gasteiger partial charge in [-0.05, 0) is 30.7 Å². The molecule has 0 aliphatic carbocycles. The second-order valence-corrected chi connectivity index (χ2v) is 5.06. The fraction of sp³-hybridized carbons (Fsp3) is 0.400. The van der Waals surface area contributed by atoms with Gasteiger partial charge in [-0.3, -0.25) is 14.5 Å². The molecule has 0 radical (unpaired) electrons. The number of methoxy groups -OCH3 is 1. The Bertz CT molecular complexity index is 571. The lowest BCUT2D eigenvalue weighted by molar-refractivity contribution is -0.125. The minimum absolute atomic E-state index is 0.108. The summed E-state index contributed by atoms with van der Waals surface area (Å²) >= 11 is 0. The van der Waals surface area contributed by atoms with E-state index >= 15 is 0 Å². The summed E-state index contributed by atoms with van der Waals surface area (Å²) in [4.78, 5) is 37.6. The molecule has 2 rings (SSSR count). The van der Waals surface area contributed by atoms with E-state index in [1.807, 2.05) is 0 Å². The molecule has 7 nitrogen and oxygen atoms in total. The summed E-state index contributed by atoms with van der Waals surface area (Å²) < 4.78 is 5.04. The van der Waals surface area contributed by atoms with Crippen LogP contribution in [0, 0.1) is 0 Å². The molecule has 1 heterocycles. The van der Waals surface area contributed by atoms with Crippen LogP contribution >= 0.6 is 0 Å². The summed E-state index contributed by atoms with van der Waals surface area (Å²) in [5, 5.41) is 2.76. The van der Waals surface area contributed by atoms with Gasteiger partial charge in [0, 0.05) is 25.7 Å². The van der Waals surface area contributed by atoms with Crippen molar-refractivity contribution in [1.29, 1.82) is 0 Å². The predicted molar refractivity (Wildman–Crippen MR) is 80.6 cm³/mol. The number of likely N-dealkylation sites (N-methyl/N-ethyl adjacent to an activating group) is 1. The second kappa shape index (κ2) is 6.93. The van der Waals surface area contributed by atoms with E-state index in [1.54, 1.807) is 38.4 Å². The van der Waals surface area contributed by atoms with Gasteiger partial charge < -0.3 is 15.0 Å². The van der Waals surface area contributed by atoms with Crippen molar-refractivity contribution in [2.75, 3.05) is 32.6 Å². The van der Waals surface area contributed by atoms with Gasteiger partial charge >= 0.3 is 6.03 Å². The average Bonchev–Trinajstić information content (AvgIpc) is 2.74. The SMILES string of the molecule is COc1ccc(NC(=O)CCCN2C(=O)CN(C)C2=O)cc1. The lowest BCUT2D eigenvalue weighted by atomic mass is 10.2. The zero-order valence-electron chi connectivity index (χ0n) is 12.7. The smallest absolute Gasteiger partial charge is 0.326 e. The molecule has 118 valence electrons. The highest BCUT2D eigenvalue weighted by Gasteiger charge is 2.32. The van der Waals surface area contributed by atoms with Gasteiger partial charge in [0.15, 0.2) is 0 Å². The summed E-state index contributed by atoms with van der Waals surface area (Å²) in [5.41, 5.74) is 0.679. The molecule has 0 unspecified atom stereocenters. The number of hydrogen-bond donors (Lipinski definition) is 1. The lowest BCUT2D eigenvalue weighted by Gasteiger charge is -2.13. The van der Waals surface area contributed by atoms with Crippen LogP contribution in [0.25, 0.3) is 0 Å². The summed E-state index contributed by atoms with van der Waals surface area (Å²) in [6.45, 7) is 0.370. The average molecular weight is 305 g/mol. The number of nitrogens with zero attached hydrogens (tertiary/aromatic N) is 2. The van der Waals surface area contributed by atoms with Crippen LogP contribution in [0.15, 0.2) is 24.3 Å². The van der Waals surface area contributed by atoms with Crippen molar-refractivity contribution in [3.63, 3.8) is 0 Å². The Hall–Kier alpha value is -2.57. The van der Waals surface area contributed by atoms with Gasteiger partial charge in [0.1, 0.15) is 12.3 Å². The largest absolute Gasteiger partial charge is 0.497 e. The number of benzene rings is 1. The summed E-state index contributed by atoms with van der Waals surface area (Å²) in [6, 6.07) is 6.71. The summed E-state index contributed by atoms with van der Waals surface area (Å²) in [6.07, 6.45) is 0.681. The first-order chi connectivity index (χ1) is 10.5. The van der Waals surface area contributed by atoms with Crippen molar-refractivity contribution in [3.8, 4) is 5.75 Å². The number of imide groups is 1. The van der Waals surface area contributed by atoms with E-state index < -0.39 is 0 Å². The zero-order valence-corrected chi connectivity index (χ0v) is 12.7. The van der Waals surface area contributed by atoms with Crippen LogP contribution in [-0.2, 0) is 9.59 Å². The number of urea groups is 1. The van der Waals surface area contributed by atoms with E-state index in [0.717, 1.165) is 0 Å². The van der Waals surface area contributed by atoms with Crippen molar-refractivity contribution in [2.24, 2.45) is 0 Å². The minimum atomic E-state index is -0.305. The molecule has 1 N–H and O–H groups in total. The van der Waals surface area contributed by atoms with Crippen LogP contribution < -0.4 is 10.1 Å². The summed E-state index contributed by atoms with van der Waals surface area (Å²) in [7, 11) is 3.16. The first kappa shape index (κ1) is 15.8. The fourth-order valence-electron chi connectivity index (χ4n) is 2.18. The summed E-state index contributed by atoms with van der Waals surface area (Å²) in [5.74, 6) is 0.342. The Morgan fingerprint density at radius 3 is 2.50 bits per heavy atom. The molecule has 1 saturated heterocycles. The molecular weight excluding hydrogens is 286 g/mol. The highest BCUT2D eigenvalue weighted by Crippen LogP contribution is 2.15. The van der Waals surface area contributed by atoms with Gasteiger partial charge in [0.05, 0.1) is 7.11 Å². The van der Waals surface area contributed by atoms with E-state index in [0.29, 0.717) is 17.9 Å². The molecule has 0 bridgehead atoms. The van der Waals surface area contributed by atoms with Gasteiger partial charge in [0.25, 0.3) is 0 Å². The molecule has 1 aliphatic rings. The molecule has 4 amide bonds. The van der Waals surface area contributed by atoms with Gasteiger partial charge in [-0.25, -0.2) is 4.79 Å². The fourth-order valence-corrected chi connectivity index (χ4v) is 2.18. The molecule has 22 heavy (non-hydrogen) atoms. The molecule has 1 aromatic carbocycles. The highest BCUT2D eigenvalue weighted by molar-refractivity contribution is 6.01. The van der Waals surface area contributed by atoms with E-state index in [2.05, 4.69) is 5.32 Å². The van der Waals surface area contributed by atoms with Crippen LogP contribution in [0.5, 0.6) is 5.75 Å². The molecule has 0 aromatic heterocycles. The standard InChI is InChI=1S/C15H19N3O4/c1-17-10-14(20)18(15(17)21)9-3-4-13(19)16-11-5-7-12(22-2)8-6-11/h5-8H,3-4,9-10H2,1-2H3,(H,16,19). The monoisotopic (exact) mass is 305 g/mol. The van der Waals surface area contributed by atoms with Crippen LogP contribution in [0.1, 0.15) is 12.8 Å². The van der Waals surface area contributed by atoms with Gasteiger partial charge in [-0.2, -0.15) is 0 Å². The molecule has 0 spiro atoms. The Kier molecular flexibility index (Phi) is 4.98. The van der Waals surface area contributed by atoms with E-state index in [9.17, 15) is 14.4 Å². The van der Waals surface area contributed by atoms with Crippen LogP contribution in [-0.4, -0.2) is 54.9 Å². The number of rotatable bonds is 6. The van der Waals surface area contributed by atoms with Gasteiger partial charge in [0.2, 0.25) is 11.8 Å². The van der Waals surface area contributed by atoms with E-state index in [1.165, 1.54) is 9.80 Å². The maximum absolute atomic E-state index is 11.8. The van der Waals surface area contributed by atoms with Crippen LogP contribution in [0.3, 0.4) is 0 Å². The number of ether oxygens (including phenoxy) is 1. The maximum atomic E-state index is 11.8. The molecule has 7 heteroatoms. The van der Waals surface area contributed by atoms with Crippen molar-refractivity contribution >= 4 is 23.5 Å². The van der Waals surface area contributed by atoms with Crippen molar-refractivity contribution < 1.29 is 19.1 Å². The third-order valence-corrected chi connectivity index (χ3v) is 3.39. The number of amides is 4. The Labute approximate surface area is 128 Å². The third-order valence-electron chi connectivity index (χ3n) is 3.39.